The number of aliphatic imine (C=N–C) groups is 1. The minimum Gasteiger partial charge on any atom is -0.344 e. The Balaban J connectivity index is 0.000000513. The molecule has 0 radical (unpaired) electrons. The number of carbonyl (C=O) groups excluding carboxylic acids is 1. The van der Waals surface area contributed by atoms with Gasteiger partial charge in [-0.3, -0.25) is 4.79 Å². The smallest absolute Gasteiger partial charge is 0.162 e. The van der Waals surface area contributed by atoms with Crippen molar-refractivity contribution in [2.24, 2.45) is 4.99 Å². The molecule has 0 unspecified atom stereocenters. The fourth-order valence-electron chi connectivity index (χ4n) is 3.29. The largest absolute Gasteiger partial charge is 0.344 e. The summed E-state index contributed by atoms with van der Waals surface area (Å²) in [5, 5.41) is 12.8. The molecule has 1 aromatic carbocycles. The number of hydrogen-bond acceptors (Lipinski definition) is 4. The zero-order valence-corrected chi connectivity index (χ0v) is 22.0. The molecule has 0 atom stereocenters. The quantitative estimate of drug-likeness (QED) is 0.146. The van der Waals surface area contributed by atoms with Crippen molar-refractivity contribution in [2.75, 3.05) is 5.32 Å². The summed E-state index contributed by atoms with van der Waals surface area (Å²) in [6.07, 6.45) is 13.2. The number of amidine groups is 1. The molecule has 0 amide bonds. The Labute approximate surface area is 205 Å². The average molecular weight is 468 g/mol. The number of hydrogen-bond donors (Lipinski definition) is 1. The maximum absolute atomic E-state index is 11.9. The minimum atomic E-state index is 0.0407. The first kappa shape index (κ1) is 28.6. The highest BCUT2D eigenvalue weighted by Crippen LogP contribution is 2.32. The van der Waals surface area contributed by atoms with E-state index in [1.165, 1.54) is 49.8 Å². The lowest BCUT2D eigenvalue weighted by molar-refractivity contribution is 0.101. The number of anilines is 1. The molecule has 33 heavy (non-hydrogen) atoms. The standard InChI is InChI=1S/C19H21N3OS.C9H20/c1-4-5-6-17-11-18(13(2)23)19(24-17)22-14(3)21-16-9-7-15(12-20)8-10-16;1-3-5-7-9-8-6-4-2/h7-11H,4-6H2,1-3H3,(H,21,22);3-9H2,1-2H3. The van der Waals surface area contributed by atoms with Crippen LogP contribution in [0.2, 0.25) is 0 Å². The van der Waals surface area contributed by atoms with Crippen molar-refractivity contribution < 1.29 is 4.79 Å². The number of Topliss-reactive ketones (excluding diaryl/α,β-unsaturated/α-hetero) is 1. The molecule has 0 aliphatic rings. The zero-order valence-electron chi connectivity index (χ0n) is 21.2. The Kier molecular flexibility index (Phi) is 14.8. The summed E-state index contributed by atoms with van der Waals surface area (Å²) in [7, 11) is 0. The molecule has 1 heterocycles. The van der Waals surface area contributed by atoms with Crippen molar-refractivity contribution in [3.63, 3.8) is 0 Å². The van der Waals surface area contributed by atoms with E-state index in [4.69, 9.17) is 5.26 Å². The van der Waals surface area contributed by atoms with Crippen LogP contribution in [0.4, 0.5) is 10.7 Å². The number of benzene rings is 1. The Bertz CT molecular complexity index is 885. The monoisotopic (exact) mass is 467 g/mol. The Hall–Kier alpha value is -2.45. The van der Waals surface area contributed by atoms with Gasteiger partial charge in [-0.25, -0.2) is 4.99 Å². The lowest BCUT2D eigenvalue weighted by Gasteiger charge is -2.05. The third kappa shape index (κ3) is 11.8. The van der Waals surface area contributed by atoms with Gasteiger partial charge in [-0.1, -0.05) is 72.1 Å². The maximum atomic E-state index is 11.9. The number of nitrogens with zero attached hydrogens (tertiary/aromatic N) is 2. The third-order valence-electron chi connectivity index (χ3n) is 5.24. The second-order valence-electron chi connectivity index (χ2n) is 8.37. The fraction of sp³-hybridized carbons (Fsp3) is 0.536. The molecule has 0 spiro atoms. The van der Waals surface area contributed by atoms with E-state index in [1.54, 1.807) is 30.4 Å². The average Bonchev–Trinajstić information content (AvgIpc) is 3.21. The lowest BCUT2D eigenvalue weighted by atomic mass is 10.1. The molecule has 0 aliphatic carbocycles. The number of aryl methyl sites for hydroxylation is 1. The Morgan fingerprint density at radius 3 is 2.03 bits per heavy atom. The summed E-state index contributed by atoms with van der Waals surface area (Å²) in [5.41, 5.74) is 2.17. The first-order chi connectivity index (χ1) is 15.9. The van der Waals surface area contributed by atoms with Crippen molar-refractivity contribution >= 4 is 33.6 Å². The predicted molar refractivity (Wildman–Crippen MR) is 144 cm³/mol. The van der Waals surface area contributed by atoms with Gasteiger partial charge in [-0.15, -0.1) is 11.3 Å². The van der Waals surface area contributed by atoms with Gasteiger partial charge in [0.05, 0.1) is 17.2 Å². The van der Waals surface area contributed by atoms with Crippen LogP contribution in [0.3, 0.4) is 0 Å². The lowest BCUT2D eigenvalue weighted by Crippen LogP contribution is -2.06. The third-order valence-corrected chi connectivity index (χ3v) is 6.32. The van der Waals surface area contributed by atoms with Gasteiger partial charge in [-0.2, -0.15) is 5.26 Å². The number of nitrogens with one attached hydrogen (secondary N) is 1. The number of nitriles is 1. The summed E-state index contributed by atoms with van der Waals surface area (Å²) in [6.45, 7) is 10.1. The minimum absolute atomic E-state index is 0.0407. The summed E-state index contributed by atoms with van der Waals surface area (Å²) < 4.78 is 0. The predicted octanol–water partition coefficient (Wildman–Crippen LogP) is 9.08. The summed E-state index contributed by atoms with van der Waals surface area (Å²) in [4.78, 5) is 17.6. The summed E-state index contributed by atoms with van der Waals surface area (Å²) in [5.74, 6) is 0.755. The van der Waals surface area contributed by atoms with Gasteiger partial charge >= 0.3 is 0 Å². The highest BCUT2D eigenvalue weighted by Gasteiger charge is 2.12. The fourth-order valence-corrected chi connectivity index (χ4v) is 4.46. The molecular formula is C28H41N3OS. The maximum Gasteiger partial charge on any atom is 0.162 e. The van der Waals surface area contributed by atoms with Crippen LogP contribution in [-0.2, 0) is 6.42 Å². The van der Waals surface area contributed by atoms with Crippen LogP contribution in [0.5, 0.6) is 0 Å². The second kappa shape index (κ2) is 17.1. The van der Waals surface area contributed by atoms with Gasteiger partial charge in [0.15, 0.2) is 5.78 Å². The van der Waals surface area contributed by atoms with Crippen LogP contribution in [0.15, 0.2) is 35.3 Å². The molecule has 0 saturated heterocycles. The van der Waals surface area contributed by atoms with E-state index in [0.29, 0.717) is 17.0 Å². The van der Waals surface area contributed by atoms with Crippen LogP contribution in [0.25, 0.3) is 0 Å². The molecule has 2 aromatic rings. The molecule has 1 aromatic heterocycles. The van der Waals surface area contributed by atoms with Crippen LogP contribution in [0.1, 0.15) is 113 Å². The summed E-state index contributed by atoms with van der Waals surface area (Å²) in [6, 6.07) is 11.2. The van der Waals surface area contributed by atoms with Crippen molar-refractivity contribution in [3.05, 3.63) is 46.3 Å². The second-order valence-corrected chi connectivity index (χ2v) is 9.49. The van der Waals surface area contributed by atoms with E-state index in [0.717, 1.165) is 30.0 Å². The van der Waals surface area contributed by atoms with Crippen molar-refractivity contribution in [2.45, 2.75) is 98.8 Å². The van der Waals surface area contributed by atoms with Gasteiger partial charge < -0.3 is 5.32 Å². The molecule has 4 nitrogen and oxygen atoms in total. The van der Waals surface area contributed by atoms with E-state index in [-0.39, 0.29) is 5.78 Å². The first-order valence-corrected chi connectivity index (χ1v) is 13.2. The molecule has 1 N–H and O–H groups in total. The van der Waals surface area contributed by atoms with E-state index in [2.05, 4.69) is 37.1 Å². The highest BCUT2D eigenvalue weighted by atomic mass is 32.1. The summed E-state index contributed by atoms with van der Waals surface area (Å²) >= 11 is 1.58. The molecule has 0 saturated carbocycles. The molecule has 0 fully saturated rings. The van der Waals surface area contributed by atoms with Crippen LogP contribution < -0.4 is 5.32 Å². The van der Waals surface area contributed by atoms with Gasteiger partial charge in [0.1, 0.15) is 10.8 Å². The highest BCUT2D eigenvalue weighted by molar-refractivity contribution is 7.16. The molecule has 180 valence electrons. The van der Waals surface area contributed by atoms with Crippen LogP contribution in [0, 0.1) is 11.3 Å². The molecular weight excluding hydrogens is 426 g/mol. The Morgan fingerprint density at radius 1 is 0.939 bits per heavy atom. The van der Waals surface area contributed by atoms with E-state index in [9.17, 15) is 4.79 Å². The van der Waals surface area contributed by atoms with Crippen LogP contribution >= 0.6 is 11.3 Å². The number of rotatable bonds is 12. The van der Waals surface area contributed by atoms with Gasteiger partial charge in [0.25, 0.3) is 0 Å². The number of ketones is 1. The number of thiophene rings is 1. The topological polar surface area (TPSA) is 65.2 Å². The van der Waals surface area contributed by atoms with Gasteiger partial charge in [-0.05, 0) is 57.0 Å². The van der Waals surface area contributed by atoms with E-state index < -0.39 is 0 Å². The van der Waals surface area contributed by atoms with Crippen molar-refractivity contribution in [1.29, 1.82) is 5.26 Å². The van der Waals surface area contributed by atoms with Crippen molar-refractivity contribution in [1.82, 2.24) is 0 Å². The van der Waals surface area contributed by atoms with Crippen molar-refractivity contribution in [3.8, 4) is 6.07 Å². The zero-order chi connectivity index (χ0) is 24.5. The SMILES string of the molecule is CCCCCCCCC.CCCCc1cc(C(C)=O)c(/N=C(\C)Nc2ccc(C#N)cc2)s1. The van der Waals surface area contributed by atoms with Gasteiger partial charge in [0.2, 0.25) is 0 Å². The van der Waals surface area contributed by atoms with E-state index in [1.807, 2.05) is 25.1 Å². The van der Waals surface area contributed by atoms with Gasteiger partial charge in [0, 0.05) is 10.6 Å². The molecule has 0 bridgehead atoms. The molecule has 0 aliphatic heterocycles. The molecule has 5 heteroatoms. The number of unbranched alkanes of at least 4 members (excludes halogenated alkanes) is 7. The first-order valence-electron chi connectivity index (χ1n) is 12.4. The molecule has 2 rings (SSSR count). The number of carbonyl (C=O) groups is 1. The van der Waals surface area contributed by atoms with E-state index >= 15 is 0 Å². The van der Waals surface area contributed by atoms with Crippen LogP contribution in [-0.4, -0.2) is 11.6 Å². The normalized spacial score (nSPS) is 10.8. The Morgan fingerprint density at radius 2 is 1.52 bits per heavy atom.